The Morgan fingerprint density at radius 2 is 1.23 bits per heavy atom. The molecule has 0 aliphatic carbocycles. The van der Waals surface area contributed by atoms with Crippen molar-refractivity contribution in [3.63, 3.8) is 0 Å². The lowest BCUT2D eigenvalue weighted by Gasteiger charge is -2.06. The summed E-state index contributed by atoms with van der Waals surface area (Å²) in [5, 5.41) is 5.69. The number of hydrogen-bond acceptors (Lipinski definition) is 3. The molecular formula is C26H21Cl2NS2. The van der Waals surface area contributed by atoms with Crippen molar-refractivity contribution in [3.05, 3.63) is 108 Å². The van der Waals surface area contributed by atoms with E-state index in [9.17, 15) is 0 Å². The summed E-state index contributed by atoms with van der Waals surface area (Å²) >= 11 is 12.1. The number of benzene rings is 5. The maximum absolute atomic E-state index is 6.20. The van der Waals surface area contributed by atoms with Gasteiger partial charge in [-0.25, -0.2) is 0 Å². The molecule has 5 heteroatoms. The first-order valence-corrected chi connectivity index (χ1v) is 11.1. The summed E-state index contributed by atoms with van der Waals surface area (Å²) in [4.78, 5) is 3.21. The van der Waals surface area contributed by atoms with E-state index >= 15 is 0 Å². The van der Waals surface area contributed by atoms with Crippen molar-refractivity contribution in [1.29, 1.82) is 0 Å². The fraction of sp³-hybridized carbons (Fsp3) is 0. The maximum atomic E-state index is 6.20. The Hall–Kier alpha value is -2.30. The molecule has 0 saturated heterocycles. The largest absolute Gasteiger partial charge is 0.399 e. The second-order valence-electron chi connectivity index (χ2n) is 6.83. The van der Waals surface area contributed by atoms with Crippen molar-refractivity contribution in [2.75, 3.05) is 5.73 Å². The Bertz CT molecular complexity index is 1320. The van der Waals surface area contributed by atoms with E-state index in [-0.39, 0.29) is 12.4 Å². The zero-order chi connectivity index (χ0) is 20.9. The van der Waals surface area contributed by atoms with Gasteiger partial charge < -0.3 is 5.73 Å². The molecule has 0 heterocycles. The van der Waals surface area contributed by atoms with Crippen LogP contribution in [0.5, 0.6) is 0 Å². The van der Waals surface area contributed by atoms with Crippen molar-refractivity contribution in [1.82, 2.24) is 0 Å². The van der Waals surface area contributed by atoms with Gasteiger partial charge in [-0.1, -0.05) is 84.0 Å². The average molecular weight is 483 g/mol. The molecule has 0 aliphatic rings. The molecule has 0 spiro atoms. The zero-order valence-corrected chi connectivity index (χ0v) is 19.8. The van der Waals surface area contributed by atoms with Gasteiger partial charge >= 0.3 is 0 Å². The van der Waals surface area contributed by atoms with Crippen LogP contribution in [0.25, 0.3) is 21.5 Å². The highest BCUT2D eigenvalue weighted by Crippen LogP contribution is 2.35. The molecule has 5 aromatic rings. The summed E-state index contributed by atoms with van der Waals surface area (Å²) in [5.41, 5.74) is 6.39. The van der Waals surface area contributed by atoms with Crippen LogP contribution >= 0.6 is 48.4 Å². The van der Waals surface area contributed by atoms with Gasteiger partial charge in [0.1, 0.15) is 0 Å². The van der Waals surface area contributed by atoms with E-state index in [4.69, 9.17) is 17.3 Å². The van der Waals surface area contributed by atoms with Gasteiger partial charge in [-0.15, -0.1) is 25.0 Å². The zero-order valence-electron chi connectivity index (χ0n) is 16.5. The highest BCUT2D eigenvalue weighted by molar-refractivity contribution is 7.99. The molecule has 31 heavy (non-hydrogen) atoms. The third kappa shape index (κ3) is 6.11. The summed E-state index contributed by atoms with van der Waals surface area (Å²) in [6.07, 6.45) is 0. The molecule has 0 aliphatic heterocycles. The average Bonchev–Trinajstić information content (AvgIpc) is 2.76. The number of hydrogen-bond donors (Lipinski definition) is 2. The highest BCUT2D eigenvalue weighted by Gasteiger charge is 2.04. The van der Waals surface area contributed by atoms with Crippen LogP contribution in [0.3, 0.4) is 0 Å². The lowest BCUT2D eigenvalue weighted by atomic mass is 10.1. The Labute approximate surface area is 203 Å². The number of thiol groups is 1. The third-order valence-electron chi connectivity index (χ3n) is 4.64. The Balaban J connectivity index is 0.000000194. The van der Waals surface area contributed by atoms with E-state index in [1.165, 1.54) is 26.4 Å². The minimum Gasteiger partial charge on any atom is -0.399 e. The third-order valence-corrected chi connectivity index (χ3v) is 6.41. The van der Waals surface area contributed by atoms with E-state index < -0.39 is 0 Å². The van der Waals surface area contributed by atoms with Gasteiger partial charge in [0.15, 0.2) is 0 Å². The van der Waals surface area contributed by atoms with E-state index in [0.717, 1.165) is 9.79 Å². The number of nitrogen functional groups attached to an aromatic ring is 1. The topological polar surface area (TPSA) is 26.0 Å². The van der Waals surface area contributed by atoms with E-state index in [1.54, 1.807) is 17.8 Å². The number of anilines is 1. The summed E-state index contributed by atoms with van der Waals surface area (Å²) in [5.74, 6) is 0. The molecule has 5 rings (SSSR count). The Morgan fingerprint density at radius 1 is 0.645 bits per heavy atom. The van der Waals surface area contributed by atoms with Gasteiger partial charge in [-0.05, 0) is 64.0 Å². The van der Waals surface area contributed by atoms with Gasteiger partial charge in [-0.2, -0.15) is 0 Å². The molecule has 1 nitrogen and oxygen atoms in total. The molecule has 0 unspecified atom stereocenters. The molecule has 0 atom stereocenters. The van der Waals surface area contributed by atoms with Gasteiger partial charge in [0, 0.05) is 20.4 Å². The lowest BCUT2D eigenvalue weighted by molar-refractivity contribution is 1.42. The van der Waals surface area contributed by atoms with Gasteiger partial charge in [0.25, 0.3) is 0 Å². The van der Waals surface area contributed by atoms with E-state index in [1.807, 2.05) is 42.5 Å². The monoisotopic (exact) mass is 481 g/mol. The van der Waals surface area contributed by atoms with Crippen molar-refractivity contribution >= 4 is 75.6 Å². The molecule has 156 valence electrons. The summed E-state index contributed by atoms with van der Waals surface area (Å²) < 4.78 is 0. The standard InChI is InChI=1S/C16H12ClNS.C10H8S.ClH/c17-15-10-13(18)6-8-16(15)19-14-7-5-11-3-1-2-4-12(11)9-14;11-10-6-5-8-3-1-2-4-9(8)7-10;/h1-10H,18H2;1-7,11H;1H. The van der Waals surface area contributed by atoms with Gasteiger partial charge in [0.2, 0.25) is 0 Å². The van der Waals surface area contributed by atoms with Crippen LogP contribution in [-0.2, 0) is 0 Å². The fourth-order valence-corrected chi connectivity index (χ4v) is 4.52. The quantitative estimate of drug-likeness (QED) is 0.194. The first kappa shape index (κ1) is 23.4. The van der Waals surface area contributed by atoms with Crippen molar-refractivity contribution < 1.29 is 0 Å². The number of rotatable bonds is 2. The molecule has 0 fully saturated rings. The fourth-order valence-electron chi connectivity index (χ4n) is 3.13. The minimum absolute atomic E-state index is 0. The first-order chi connectivity index (χ1) is 14.6. The number of halogens is 2. The maximum Gasteiger partial charge on any atom is 0.0565 e. The van der Waals surface area contributed by atoms with Crippen molar-refractivity contribution in [2.24, 2.45) is 0 Å². The predicted molar refractivity (Wildman–Crippen MR) is 142 cm³/mol. The normalized spacial score (nSPS) is 10.3. The minimum atomic E-state index is 0. The first-order valence-electron chi connectivity index (χ1n) is 9.48. The summed E-state index contributed by atoms with van der Waals surface area (Å²) in [7, 11) is 0. The highest BCUT2D eigenvalue weighted by atomic mass is 35.5. The van der Waals surface area contributed by atoms with Crippen LogP contribution in [0.1, 0.15) is 0 Å². The molecule has 5 aromatic carbocycles. The number of fused-ring (bicyclic) bond motifs is 2. The van der Waals surface area contributed by atoms with Crippen molar-refractivity contribution in [2.45, 2.75) is 14.7 Å². The molecule has 0 bridgehead atoms. The second kappa shape index (κ2) is 10.8. The lowest BCUT2D eigenvalue weighted by Crippen LogP contribution is -1.84. The molecular weight excluding hydrogens is 461 g/mol. The van der Waals surface area contributed by atoms with Crippen LogP contribution in [0.15, 0.2) is 118 Å². The van der Waals surface area contributed by atoms with Gasteiger partial charge in [0.05, 0.1) is 5.02 Å². The van der Waals surface area contributed by atoms with Gasteiger partial charge in [-0.3, -0.25) is 0 Å². The molecule has 0 saturated carbocycles. The van der Waals surface area contributed by atoms with E-state index in [2.05, 4.69) is 67.2 Å². The van der Waals surface area contributed by atoms with E-state index in [0.29, 0.717) is 10.7 Å². The van der Waals surface area contributed by atoms with Crippen molar-refractivity contribution in [3.8, 4) is 0 Å². The molecule has 0 amide bonds. The number of nitrogens with two attached hydrogens (primary N) is 1. The molecule has 2 N–H and O–H groups in total. The van der Waals surface area contributed by atoms with Crippen LogP contribution in [0, 0.1) is 0 Å². The van der Waals surface area contributed by atoms with Crippen LogP contribution < -0.4 is 5.73 Å². The molecule has 0 aromatic heterocycles. The van der Waals surface area contributed by atoms with Crippen LogP contribution in [0.2, 0.25) is 5.02 Å². The summed E-state index contributed by atoms with van der Waals surface area (Å²) in [6.45, 7) is 0. The summed E-state index contributed by atoms with van der Waals surface area (Å²) in [6, 6.07) is 34.8. The second-order valence-corrected chi connectivity index (χ2v) is 8.87. The molecule has 0 radical (unpaired) electrons. The SMILES string of the molecule is Cl.Nc1ccc(Sc2ccc3ccccc3c2)c(Cl)c1.Sc1ccc2ccccc2c1. The smallest absolute Gasteiger partial charge is 0.0565 e. The Kier molecular flexibility index (Phi) is 8.16. The predicted octanol–water partition coefficient (Wildman–Crippen LogP) is 8.78. The Morgan fingerprint density at radius 3 is 1.87 bits per heavy atom. The van der Waals surface area contributed by atoms with Crippen LogP contribution in [0.4, 0.5) is 5.69 Å². The van der Waals surface area contributed by atoms with Crippen LogP contribution in [-0.4, -0.2) is 0 Å².